The van der Waals surface area contributed by atoms with Crippen LogP contribution in [0.3, 0.4) is 0 Å². The number of carbonyl (C=O) groups excluding carboxylic acids is 1. The number of carbonyl (C=O) groups is 1. The molecule has 0 unspecified atom stereocenters. The van der Waals surface area contributed by atoms with Gasteiger partial charge in [-0.3, -0.25) is 9.79 Å². The fourth-order valence-corrected chi connectivity index (χ4v) is 4.84. The first-order valence-corrected chi connectivity index (χ1v) is 11.4. The Bertz CT molecular complexity index is 1200. The van der Waals surface area contributed by atoms with Crippen molar-refractivity contribution in [1.29, 1.82) is 0 Å². The van der Waals surface area contributed by atoms with E-state index in [1.54, 1.807) is 5.38 Å². The number of allylic oxidation sites excluding steroid dienone is 1. The SMILES string of the molecule is O=C(c1csc2c(O)nc(C3=CCCC=N3)nc12)N1CCN[C@H](c2ccc(Cl)cc2)C1. The third-order valence-corrected chi connectivity index (χ3v) is 6.67. The molecule has 3 aromatic rings. The van der Waals surface area contributed by atoms with Crippen molar-refractivity contribution < 1.29 is 9.90 Å². The predicted molar refractivity (Wildman–Crippen MR) is 123 cm³/mol. The average Bonchev–Trinajstić information content (AvgIpc) is 3.24. The van der Waals surface area contributed by atoms with Crippen LogP contribution < -0.4 is 5.32 Å². The van der Waals surface area contributed by atoms with Gasteiger partial charge in [-0.25, -0.2) is 4.98 Å². The van der Waals surface area contributed by atoms with Crippen LogP contribution in [0.25, 0.3) is 15.9 Å². The molecule has 1 saturated heterocycles. The van der Waals surface area contributed by atoms with Gasteiger partial charge in [0.15, 0.2) is 5.82 Å². The summed E-state index contributed by atoms with van der Waals surface area (Å²) in [6.07, 6.45) is 5.49. The highest BCUT2D eigenvalue weighted by Crippen LogP contribution is 2.33. The van der Waals surface area contributed by atoms with Crippen LogP contribution in [-0.2, 0) is 0 Å². The van der Waals surface area contributed by atoms with Crippen molar-refractivity contribution in [3.05, 3.63) is 57.7 Å². The largest absolute Gasteiger partial charge is 0.492 e. The third kappa shape index (κ3) is 3.94. The number of nitrogens with zero attached hydrogens (tertiary/aromatic N) is 4. The number of hydrogen-bond donors (Lipinski definition) is 2. The summed E-state index contributed by atoms with van der Waals surface area (Å²) in [7, 11) is 0. The van der Waals surface area contributed by atoms with Crippen molar-refractivity contribution in [3.8, 4) is 5.88 Å². The normalized spacial score (nSPS) is 18.9. The third-order valence-electron chi connectivity index (χ3n) is 5.46. The minimum Gasteiger partial charge on any atom is -0.492 e. The van der Waals surface area contributed by atoms with E-state index in [2.05, 4.69) is 20.3 Å². The van der Waals surface area contributed by atoms with E-state index in [0.29, 0.717) is 52.0 Å². The molecule has 0 bridgehead atoms. The predicted octanol–water partition coefficient (Wildman–Crippen LogP) is 4.04. The summed E-state index contributed by atoms with van der Waals surface area (Å²) in [5.74, 6) is 0.120. The van der Waals surface area contributed by atoms with E-state index in [0.717, 1.165) is 18.4 Å². The second-order valence-electron chi connectivity index (χ2n) is 7.49. The number of hydrogen-bond acceptors (Lipinski definition) is 7. The highest BCUT2D eigenvalue weighted by molar-refractivity contribution is 7.17. The highest BCUT2D eigenvalue weighted by Gasteiger charge is 2.28. The number of nitrogens with one attached hydrogen (secondary N) is 1. The zero-order valence-electron chi connectivity index (χ0n) is 16.6. The van der Waals surface area contributed by atoms with Crippen molar-refractivity contribution in [2.45, 2.75) is 18.9 Å². The molecular weight excluding hydrogens is 434 g/mol. The summed E-state index contributed by atoms with van der Waals surface area (Å²) in [6, 6.07) is 7.69. The molecule has 1 aromatic carbocycles. The number of halogens is 1. The van der Waals surface area contributed by atoms with E-state index in [9.17, 15) is 9.90 Å². The molecule has 0 aliphatic carbocycles. The van der Waals surface area contributed by atoms with Gasteiger partial charge in [0.25, 0.3) is 5.91 Å². The number of thiophene rings is 1. The van der Waals surface area contributed by atoms with Gasteiger partial charge in [-0.1, -0.05) is 29.8 Å². The topological polar surface area (TPSA) is 90.7 Å². The molecule has 158 valence electrons. The van der Waals surface area contributed by atoms with Gasteiger partial charge in [0.05, 0.1) is 5.56 Å². The molecule has 2 aliphatic heterocycles. The average molecular weight is 454 g/mol. The molecular formula is C22H20ClN5O2S. The number of benzene rings is 1. The monoisotopic (exact) mass is 453 g/mol. The molecule has 2 aliphatic rings. The molecule has 7 nitrogen and oxygen atoms in total. The quantitative estimate of drug-likeness (QED) is 0.624. The van der Waals surface area contributed by atoms with E-state index in [1.807, 2.05) is 41.5 Å². The zero-order chi connectivity index (χ0) is 21.4. The number of aromatic hydroxyl groups is 1. The molecule has 1 amide bonds. The van der Waals surface area contributed by atoms with Crippen molar-refractivity contribution >= 4 is 51.0 Å². The fraction of sp³-hybridized carbons (Fsp3) is 0.273. The minimum absolute atomic E-state index is 0.0280. The molecule has 2 aromatic heterocycles. The molecule has 5 rings (SSSR count). The molecule has 1 fully saturated rings. The molecule has 0 radical (unpaired) electrons. The van der Waals surface area contributed by atoms with E-state index < -0.39 is 0 Å². The molecule has 4 heterocycles. The zero-order valence-corrected chi connectivity index (χ0v) is 18.2. The number of piperazine rings is 1. The number of amides is 1. The summed E-state index contributed by atoms with van der Waals surface area (Å²) in [6.45, 7) is 1.82. The number of aliphatic imine (C=N–C) groups is 1. The van der Waals surface area contributed by atoms with E-state index >= 15 is 0 Å². The second-order valence-corrected chi connectivity index (χ2v) is 8.80. The van der Waals surface area contributed by atoms with E-state index in [1.165, 1.54) is 11.3 Å². The van der Waals surface area contributed by atoms with Crippen LogP contribution in [0.4, 0.5) is 0 Å². The van der Waals surface area contributed by atoms with E-state index in [-0.39, 0.29) is 17.8 Å². The van der Waals surface area contributed by atoms with Gasteiger partial charge >= 0.3 is 0 Å². The summed E-state index contributed by atoms with van der Waals surface area (Å²) >= 11 is 7.28. The maximum absolute atomic E-state index is 13.4. The van der Waals surface area contributed by atoms with Crippen molar-refractivity contribution in [1.82, 2.24) is 20.2 Å². The van der Waals surface area contributed by atoms with Crippen LogP contribution in [0.5, 0.6) is 5.88 Å². The van der Waals surface area contributed by atoms with Crippen LogP contribution in [0.1, 0.15) is 40.6 Å². The number of rotatable bonds is 3. The molecule has 2 N–H and O–H groups in total. The first-order chi connectivity index (χ1) is 15.1. The standard InChI is InChI=1S/C22H20ClN5O2S/c23-14-6-4-13(5-7-14)17-11-28(10-9-25-17)22(30)15-12-31-19-18(15)26-20(27-21(19)29)16-3-1-2-8-24-16/h3-8,12,17,25H,1-2,9-11H2,(H,26,27,29)/t17-/m0/s1. The summed E-state index contributed by atoms with van der Waals surface area (Å²) in [5, 5.41) is 16.3. The molecule has 1 atom stereocenters. The lowest BCUT2D eigenvalue weighted by Gasteiger charge is -2.34. The lowest BCUT2D eigenvalue weighted by molar-refractivity contribution is 0.0705. The second kappa shape index (κ2) is 8.37. The van der Waals surface area contributed by atoms with Crippen molar-refractivity contribution in [2.24, 2.45) is 4.99 Å². The number of aromatic nitrogens is 2. The lowest BCUT2D eigenvalue weighted by atomic mass is 10.0. The van der Waals surface area contributed by atoms with Crippen LogP contribution in [-0.4, -0.2) is 51.7 Å². The Morgan fingerprint density at radius 1 is 1.23 bits per heavy atom. The maximum Gasteiger partial charge on any atom is 0.257 e. The summed E-state index contributed by atoms with van der Waals surface area (Å²) < 4.78 is 0.511. The summed E-state index contributed by atoms with van der Waals surface area (Å²) in [4.78, 5) is 28.4. The minimum atomic E-state index is -0.120. The first kappa shape index (κ1) is 20.1. The highest BCUT2D eigenvalue weighted by atomic mass is 35.5. The Balaban J connectivity index is 1.45. The molecule has 0 spiro atoms. The van der Waals surface area contributed by atoms with Crippen molar-refractivity contribution in [3.63, 3.8) is 0 Å². The Morgan fingerprint density at radius 2 is 2.06 bits per heavy atom. The van der Waals surface area contributed by atoms with Gasteiger partial charge in [0.2, 0.25) is 5.88 Å². The lowest BCUT2D eigenvalue weighted by Crippen LogP contribution is -2.48. The maximum atomic E-state index is 13.4. The number of fused-ring (bicyclic) bond motifs is 1. The van der Waals surface area contributed by atoms with Gasteiger partial charge in [-0.2, -0.15) is 4.98 Å². The first-order valence-electron chi connectivity index (χ1n) is 10.1. The molecule has 0 saturated carbocycles. The Labute approximate surface area is 188 Å². The van der Waals surface area contributed by atoms with Crippen LogP contribution in [0, 0.1) is 0 Å². The van der Waals surface area contributed by atoms with Gasteiger partial charge in [0, 0.05) is 42.3 Å². The smallest absolute Gasteiger partial charge is 0.257 e. The molecule has 9 heteroatoms. The van der Waals surface area contributed by atoms with Crippen LogP contribution >= 0.6 is 22.9 Å². The van der Waals surface area contributed by atoms with Crippen molar-refractivity contribution in [2.75, 3.05) is 19.6 Å². The Kier molecular flexibility index (Phi) is 5.43. The van der Waals surface area contributed by atoms with E-state index in [4.69, 9.17) is 11.6 Å². The fourth-order valence-electron chi connectivity index (χ4n) is 3.85. The molecule has 31 heavy (non-hydrogen) atoms. The van der Waals surface area contributed by atoms with Gasteiger partial charge in [-0.15, -0.1) is 11.3 Å². The summed E-state index contributed by atoms with van der Waals surface area (Å²) in [5.41, 5.74) is 2.66. The van der Waals surface area contributed by atoms with Gasteiger partial charge in [0.1, 0.15) is 15.9 Å². The Morgan fingerprint density at radius 3 is 2.84 bits per heavy atom. The Hall–Kier alpha value is -2.81. The van der Waals surface area contributed by atoms with Crippen LogP contribution in [0.2, 0.25) is 5.02 Å². The van der Waals surface area contributed by atoms with Gasteiger partial charge < -0.3 is 15.3 Å². The van der Waals surface area contributed by atoms with Crippen LogP contribution in [0.15, 0.2) is 40.7 Å². The van der Waals surface area contributed by atoms with Gasteiger partial charge in [-0.05, 0) is 30.5 Å².